The molecule has 1 saturated heterocycles. The van der Waals surface area contributed by atoms with Gasteiger partial charge in [0.2, 0.25) is 11.7 Å². The summed E-state index contributed by atoms with van der Waals surface area (Å²) < 4.78 is 57.9. The topological polar surface area (TPSA) is 91.4 Å². The Morgan fingerprint density at radius 2 is 1.71 bits per heavy atom. The molecule has 1 fully saturated rings. The third-order valence-electron chi connectivity index (χ3n) is 6.01. The van der Waals surface area contributed by atoms with Crippen LogP contribution in [0.5, 0.6) is 17.2 Å². The first-order valence-electron chi connectivity index (χ1n) is 10.8. The van der Waals surface area contributed by atoms with Crippen LogP contribution in [0.1, 0.15) is 24.0 Å². The molecule has 8 nitrogen and oxygen atoms in total. The molecule has 0 aromatic heterocycles. The normalized spacial score (nSPS) is 18.3. The SMILES string of the molecule is COc1cc(CN2CCC(CCOS(C)(=O)=O)(Cc3cccc(F)c3)C2=O)cc(OC)c1OC. The van der Waals surface area contributed by atoms with Gasteiger partial charge in [-0.2, -0.15) is 8.42 Å². The Balaban J connectivity index is 1.86. The van der Waals surface area contributed by atoms with Crippen LogP contribution in [0.25, 0.3) is 0 Å². The van der Waals surface area contributed by atoms with Gasteiger partial charge in [0.25, 0.3) is 10.1 Å². The standard InChI is InChI=1S/C24H30FNO7S/c1-30-20-13-18(14-21(31-2)22(20)32-3)16-26-10-8-24(23(26)27,9-11-33-34(4,28)29)15-17-6-5-7-19(25)12-17/h5-7,12-14H,8-11,15-16H2,1-4H3. The van der Waals surface area contributed by atoms with Gasteiger partial charge in [0.05, 0.1) is 39.6 Å². The Morgan fingerprint density at radius 1 is 1.03 bits per heavy atom. The molecular formula is C24H30FNO7S. The van der Waals surface area contributed by atoms with E-state index in [0.717, 1.165) is 11.8 Å². The molecule has 1 atom stereocenters. The van der Waals surface area contributed by atoms with E-state index in [-0.39, 0.29) is 31.2 Å². The largest absolute Gasteiger partial charge is 0.493 e. The second-order valence-electron chi connectivity index (χ2n) is 8.37. The monoisotopic (exact) mass is 495 g/mol. The smallest absolute Gasteiger partial charge is 0.264 e. The lowest BCUT2D eigenvalue weighted by atomic mass is 9.77. The van der Waals surface area contributed by atoms with E-state index in [1.54, 1.807) is 29.2 Å². The molecule has 0 N–H and O–H groups in total. The summed E-state index contributed by atoms with van der Waals surface area (Å²) >= 11 is 0. The van der Waals surface area contributed by atoms with Crippen molar-refractivity contribution in [2.75, 3.05) is 40.7 Å². The van der Waals surface area contributed by atoms with Gasteiger partial charge in [-0.25, -0.2) is 4.39 Å². The van der Waals surface area contributed by atoms with Crippen molar-refractivity contribution in [3.05, 3.63) is 53.3 Å². The van der Waals surface area contributed by atoms with Gasteiger partial charge < -0.3 is 19.1 Å². The van der Waals surface area contributed by atoms with Crippen LogP contribution in [-0.4, -0.2) is 60.0 Å². The third-order valence-corrected chi connectivity index (χ3v) is 6.60. The summed E-state index contributed by atoms with van der Waals surface area (Å²) in [6.07, 6.45) is 1.93. The molecule has 3 rings (SSSR count). The van der Waals surface area contributed by atoms with E-state index in [1.807, 2.05) is 0 Å². The average molecular weight is 496 g/mol. The second kappa shape index (κ2) is 10.6. The summed E-state index contributed by atoms with van der Waals surface area (Å²) in [6, 6.07) is 9.67. The summed E-state index contributed by atoms with van der Waals surface area (Å²) in [6.45, 7) is 0.634. The lowest BCUT2D eigenvalue weighted by Crippen LogP contribution is -2.37. The number of nitrogens with zero attached hydrogens (tertiary/aromatic N) is 1. The highest BCUT2D eigenvalue weighted by atomic mass is 32.2. The molecule has 186 valence electrons. The highest BCUT2D eigenvalue weighted by Gasteiger charge is 2.46. The van der Waals surface area contributed by atoms with E-state index in [0.29, 0.717) is 42.3 Å². The zero-order valence-electron chi connectivity index (χ0n) is 19.8. The minimum atomic E-state index is -3.65. The maximum Gasteiger partial charge on any atom is 0.264 e. The maximum absolute atomic E-state index is 13.8. The predicted octanol–water partition coefficient (Wildman–Crippen LogP) is 3.18. The third kappa shape index (κ3) is 5.98. The van der Waals surface area contributed by atoms with Crippen LogP contribution in [0.4, 0.5) is 4.39 Å². The quantitative estimate of drug-likeness (QED) is 0.442. The molecule has 34 heavy (non-hydrogen) atoms. The summed E-state index contributed by atoms with van der Waals surface area (Å²) in [5, 5.41) is 0. The number of amides is 1. The number of carbonyl (C=O) groups excluding carboxylic acids is 1. The fraction of sp³-hybridized carbons (Fsp3) is 0.458. The number of hydrogen-bond donors (Lipinski definition) is 0. The van der Waals surface area contributed by atoms with Crippen LogP contribution < -0.4 is 14.2 Å². The van der Waals surface area contributed by atoms with Crippen molar-refractivity contribution in [3.8, 4) is 17.2 Å². The molecule has 1 unspecified atom stereocenters. The van der Waals surface area contributed by atoms with Crippen LogP contribution >= 0.6 is 0 Å². The maximum atomic E-state index is 13.8. The molecule has 1 heterocycles. The Bertz CT molecular complexity index is 1110. The molecule has 10 heteroatoms. The molecule has 0 spiro atoms. The first-order chi connectivity index (χ1) is 16.1. The predicted molar refractivity (Wildman–Crippen MR) is 124 cm³/mol. The molecule has 0 radical (unpaired) electrons. The number of benzene rings is 2. The van der Waals surface area contributed by atoms with Crippen LogP contribution in [0.2, 0.25) is 0 Å². The number of methoxy groups -OCH3 is 3. The molecule has 1 amide bonds. The Kier molecular flexibility index (Phi) is 8.04. The van der Waals surface area contributed by atoms with Gasteiger partial charge in [-0.05, 0) is 54.7 Å². The number of ether oxygens (including phenoxy) is 3. The van der Waals surface area contributed by atoms with E-state index in [2.05, 4.69) is 0 Å². The summed E-state index contributed by atoms with van der Waals surface area (Å²) in [5.74, 6) is 0.898. The number of carbonyl (C=O) groups is 1. The zero-order chi connectivity index (χ0) is 24.9. The van der Waals surface area contributed by atoms with Gasteiger partial charge in [-0.3, -0.25) is 8.98 Å². The van der Waals surface area contributed by atoms with Gasteiger partial charge in [0, 0.05) is 13.1 Å². The molecule has 1 aliphatic rings. The van der Waals surface area contributed by atoms with E-state index < -0.39 is 15.5 Å². The average Bonchev–Trinajstić information content (AvgIpc) is 3.07. The van der Waals surface area contributed by atoms with Crippen molar-refractivity contribution in [1.29, 1.82) is 0 Å². The molecule has 1 aliphatic heterocycles. The Morgan fingerprint density at radius 3 is 2.26 bits per heavy atom. The van der Waals surface area contributed by atoms with Crippen molar-refractivity contribution in [3.63, 3.8) is 0 Å². The highest BCUT2D eigenvalue weighted by molar-refractivity contribution is 7.85. The first-order valence-corrected chi connectivity index (χ1v) is 12.6. The molecule has 2 aromatic carbocycles. The van der Waals surface area contributed by atoms with Crippen molar-refractivity contribution in [2.24, 2.45) is 5.41 Å². The lowest BCUT2D eigenvalue weighted by molar-refractivity contribution is -0.137. The van der Waals surface area contributed by atoms with Gasteiger partial charge >= 0.3 is 0 Å². The van der Waals surface area contributed by atoms with Gasteiger partial charge in [0.1, 0.15) is 5.82 Å². The van der Waals surface area contributed by atoms with Gasteiger partial charge in [-0.1, -0.05) is 12.1 Å². The van der Waals surface area contributed by atoms with E-state index in [4.69, 9.17) is 18.4 Å². The molecular weight excluding hydrogens is 465 g/mol. The van der Waals surface area contributed by atoms with Crippen LogP contribution in [0.15, 0.2) is 36.4 Å². The summed E-state index contributed by atoms with van der Waals surface area (Å²) in [7, 11) is 0.912. The summed E-state index contributed by atoms with van der Waals surface area (Å²) in [4.78, 5) is 15.4. The molecule has 0 saturated carbocycles. The van der Waals surface area contributed by atoms with E-state index >= 15 is 0 Å². The Labute approximate surface area is 199 Å². The second-order valence-corrected chi connectivity index (χ2v) is 10.0. The summed E-state index contributed by atoms with van der Waals surface area (Å²) in [5.41, 5.74) is 0.554. The number of rotatable bonds is 11. The highest BCUT2D eigenvalue weighted by Crippen LogP contribution is 2.42. The lowest BCUT2D eigenvalue weighted by Gasteiger charge is -2.28. The van der Waals surface area contributed by atoms with Gasteiger partial charge in [-0.15, -0.1) is 0 Å². The number of halogens is 1. The molecule has 0 bridgehead atoms. The van der Waals surface area contributed by atoms with Crippen molar-refractivity contribution in [1.82, 2.24) is 4.90 Å². The molecule has 2 aromatic rings. The van der Waals surface area contributed by atoms with Crippen molar-refractivity contribution in [2.45, 2.75) is 25.8 Å². The molecule has 0 aliphatic carbocycles. The number of hydrogen-bond acceptors (Lipinski definition) is 7. The number of likely N-dealkylation sites (tertiary alicyclic amines) is 1. The fourth-order valence-corrected chi connectivity index (χ4v) is 4.79. The fourth-order valence-electron chi connectivity index (χ4n) is 4.40. The van der Waals surface area contributed by atoms with Crippen LogP contribution in [0, 0.1) is 11.2 Å². The first kappa shape index (κ1) is 25.8. The van der Waals surface area contributed by atoms with Crippen molar-refractivity contribution >= 4 is 16.0 Å². The van der Waals surface area contributed by atoms with Gasteiger partial charge in [0.15, 0.2) is 11.5 Å². The van der Waals surface area contributed by atoms with Crippen LogP contribution in [0.3, 0.4) is 0 Å². The van der Waals surface area contributed by atoms with Crippen LogP contribution in [-0.2, 0) is 32.1 Å². The minimum absolute atomic E-state index is 0.127. The van der Waals surface area contributed by atoms with E-state index in [9.17, 15) is 17.6 Å². The van der Waals surface area contributed by atoms with E-state index in [1.165, 1.54) is 33.5 Å². The minimum Gasteiger partial charge on any atom is -0.493 e. The Hall–Kier alpha value is -2.85. The zero-order valence-corrected chi connectivity index (χ0v) is 20.6. The van der Waals surface area contributed by atoms with Crippen molar-refractivity contribution < 1.29 is 36.0 Å².